The number of hydrogen-bond donors (Lipinski definition) is 2. The van der Waals surface area contributed by atoms with Gasteiger partial charge in [-0.05, 0) is 84.3 Å². The monoisotopic (exact) mass is 484 g/mol. The van der Waals surface area contributed by atoms with Gasteiger partial charge >= 0.3 is 0 Å². The summed E-state index contributed by atoms with van der Waals surface area (Å²) in [6.45, 7) is 3.97. The lowest BCUT2D eigenvalue weighted by Crippen LogP contribution is -2.09. The van der Waals surface area contributed by atoms with E-state index in [-0.39, 0.29) is 38.0 Å². The summed E-state index contributed by atoms with van der Waals surface area (Å²) in [6.07, 6.45) is 0. The van der Waals surface area contributed by atoms with Crippen LogP contribution in [0, 0.1) is 13.8 Å². The second-order valence-electron chi connectivity index (χ2n) is 8.46. The van der Waals surface area contributed by atoms with E-state index in [2.05, 4.69) is 0 Å². The first-order valence-corrected chi connectivity index (χ1v) is 11.7. The molecule has 0 atom stereocenters. The summed E-state index contributed by atoms with van der Waals surface area (Å²) in [5.74, 6) is 0.872. The third-order valence-electron chi connectivity index (χ3n) is 6.02. The largest absolute Gasteiger partial charge is 0.491 e. The molecular formula is C30H28O6. The molecular weight excluding hydrogens is 456 g/mol. The maximum Gasteiger partial charge on any atom is 0.193 e. The lowest BCUT2D eigenvalue weighted by Gasteiger charge is -2.15. The Morgan fingerprint density at radius 3 is 1.28 bits per heavy atom. The van der Waals surface area contributed by atoms with E-state index in [9.17, 15) is 9.59 Å². The first-order chi connectivity index (χ1) is 17.4. The molecule has 0 aliphatic rings. The highest BCUT2D eigenvalue weighted by atomic mass is 16.5. The molecule has 4 aromatic carbocycles. The summed E-state index contributed by atoms with van der Waals surface area (Å²) in [5, 5.41) is 19.3. The van der Waals surface area contributed by atoms with Gasteiger partial charge in [-0.1, -0.05) is 24.3 Å². The number of rotatable bonds is 10. The first kappa shape index (κ1) is 25.1. The minimum atomic E-state index is -0.139. The molecule has 0 bridgehead atoms. The normalized spacial score (nSPS) is 10.9. The number of carbonyl (C=O) groups excluding carboxylic acids is 2. The molecule has 4 aromatic rings. The van der Waals surface area contributed by atoms with Crippen LogP contribution in [-0.4, -0.2) is 48.2 Å². The molecule has 0 aromatic heterocycles. The average Bonchev–Trinajstić information content (AvgIpc) is 2.90. The molecule has 0 fully saturated rings. The summed E-state index contributed by atoms with van der Waals surface area (Å²) >= 11 is 0. The number of aliphatic hydroxyl groups is 2. The lowest BCUT2D eigenvalue weighted by atomic mass is 9.87. The topological polar surface area (TPSA) is 93.1 Å². The zero-order chi connectivity index (χ0) is 25.7. The van der Waals surface area contributed by atoms with Crippen molar-refractivity contribution < 1.29 is 29.3 Å². The van der Waals surface area contributed by atoms with Crippen molar-refractivity contribution in [3.05, 3.63) is 106 Å². The Labute approximate surface area is 209 Å². The van der Waals surface area contributed by atoms with Crippen molar-refractivity contribution in [2.75, 3.05) is 26.4 Å². The van der Waals surface area contributed by atoms with E-state index in [1.165, 1.54) is 0 Å². The molecule has 0 spiro atoms. The highest BCUT2D eigenvalue weighted by Crippen LogP contribution is 2.31. The van der Waals surface area contributed by atoms with E-state index in [0.717, 1.165) is 21.9 Å². The molecule has 0 saturated carbocycles. The van der Waals surface area contributed by atoms with Crippen LogP contribution in [0.25, 0.3) is 10.8 Å². The number of aryl methyl sites for hydroxylation is 2. The Morgan fingerprint density at radius 2 is 0.944 bits per heavy atom. The van der Waals surface area contributed by atoms with Crippen LogP contribution >= 0.6 is 0 Å². The van der Waals surface area contributed by atoms with Crippen molar-refractivity contribution in [1.82, 2.24) is 0 Å². The Balaban J connectivity index is 1.74. The highest BCUT2D eigenvalue weighted by molar-refractivity contribution is 6.22. The molecule has 0 aliphatic carbocycles. The number of ether oxygens (including phenoxy) is 2. The minimum Gasteiger partial charge on any atom is -0.491 e. The maximum atomic E-state index is 13.6. The summed E-state index contributed by atoms with van der Waals surface area (Å²) in [7, 11) is 0. The number of ketones is 2. The fourth-order valence-electron chi connectivity index (χ4n) is 4.25. The van der Waals surface area contributed by atoms with Crippen LogP contribution in [0.4, 0.5) is 0 Å². The van der Waals surface area contributed by atoms with E-state index in [1.54, 1.807) is 48.5 Å². The number of fused-ring (bicyclic) bond motifs is 1. The van der Waals surface area contributed by atoms with E-state index < -0.39 is 0 Å². The molecule has 0 radical (unpaired) electrons. The van der Waals surface area contributed by atoms with Crippen LogP contribution in [-0.2, 0) is 0 Å². The van der Waals surface area contributed by atoms with E-state index >= 15 is 0 Å². The maximum absolute atomic E-state index is 13.6. The fourth-order valence-corrected chi connectivity index (χ4v) is 4.25. The van der Waals surface area contributed by atoms with Crippen molar-refractivity contribution in [1.29, 1.82) is 0 Å². The van der Waals surface area contributed by atoms with Gasteiger partial charge in [0.05, 0.1) is 13.2 Å². The van der Waals surface area contributed by atoms with Gasteiger partial charge in [-0.2, -0.15) is 0 Å². The van der Waals surface area contributed by atoms with Crippen LogP contribution in [0.2, 0.25) is 0 Å². The van der Waals surface area contributed by atoms with E-state index in [0.29, 0.717) is 33.8 Å². The Kier molecular flexibility index (Phi) is 7.78. The quantitative estimate of drug-likeness (QED) is 0.318. The van der Waals surface area contributed by atoms with Gasteiger partial charge < -0.3 is 19.7 Å². The Morgan fingerprint density at radius 1 is 0.583 bits per heavy atom. The average molecular weight is 485 g/mol. The molecule has 0 unspecified atom stereocenters. The predicted molar refractivity (Wildman–Crippen MR) is 138 cm³/mol. The van der Waals surface area contributed by atoms with Gasteiger partial charge in [0.2, 0.25) is 0 Å². The number of carbonyl (C=O) groups is 2. The predicted octanol–water partition coefficient (Wildman–Crippen LogP) is 4.66. The molecule has 36 heavy (non-hydrogen) atoms. The third-order valence-corrected chi connectivity index (χ3v) is 6.02. The van der Waals surface area contributed by atoms with E-state index in [4.69, 9.17) is 19.7 Å². The van der Waals surface area contributed by atoms with Crippen LogP contribution in [0.5, 0.6) is 11.5 Å². The molecule has 0 saturated heterocycles. The van der Waals surface area contributed by atoms with Crippen LogP contribution < -0.4 is 9.47 Å². The summed E-state index contributed by atoms with van der Waals surface area (Å²) < 4.78 is 10.8. The standard InChI is InChI=1S/C30H28O6/c1-19-3-13-26-25(27(19)29(33)21-5-9-23(10-6-21)35-17-15-31)14-4-20(2)28(26)30(34)22-7-11-24(12-8-22)36-18-16-32/h3-14,31-32H,15-18H2,1-2H3. The van der Waals surface area contributed by atoms with Crippen LogP contribution in [0.15, 0.2) is 72.8 Å². The zero-order valence-corrected chi connectivity index (χ0v) is 20.3. The van der Waals surface area contributed by atoms with Gasteiger partial charge in [0.15, 0.2) is 11.6 Å². The van der Waals surface area contributed by atoms with E-state index in [1.807, 2.05) is 38.1 Å². The molecule has 184 valence electrons. The molecule has 0 heterocycles. The Hall–Kier alpha value is -4.00. The zero-order valence-electron chi connectivity index (χ0n) is 20.3. The SMILES string of the molecule is Cc1ccc2c(C(=O)c3ccc(OCCO)cc3)c(C)ccc2c1C(=O)c1ccc(OCCO)cc1. The van der Waals surface area contributed by atoms with Crippen molar-refractivity contribution in [2.24, 2.45) is 0 Å². The molecule has 0 amide bonds. The van der Waals surface area contributed by atoms with Gasteiger partial charge in [0.25, 0.3) is 0 Å². The second-order valence-corrected chi connectivity index (χ2v) is 8.46. The number of benzene rings is 4. The Bertz CT molecular complexity index is 1280. The van der Waals surface area contributed by atoms with Crippen molar-refractivity contribution in [3.63, 3.8) is 0 Å². The lowest BCUT2D eigenvalue weighted by molar-refractivity contribution is 0.103. The minimum absolute atomic E-state index is 0.0853. The number of hydrogen-bond acceptors (Lipinski definition) is 6. The van der Waals surface area contributed by atoms with Gasteiger partial charge in [-0.25, -0.2) is 0 Å². The summed E-state index contributed by atoms with van der Waals surface area (Å²) in [5.41, 5.74) is 3.76. The molecule has 6 nitrogen and oxygen atoms in total. The van der Waals surface area contributed by atoms with Gasteiger partial charge in [0.1, 0.15) is 24.7 Å². The number of aliphatic hydroxyl groups excluding tert-OH is 2. The third kappa shape index (κ3) is 5.15. The fraction of sp³-hybridized carbons (Fsp3) is 0.200. The van der Waals surface area contributed by atoms with Gasteiger partial charge in [-0.15, -0.1) is 0 Å². The van der Waals surface area contributed by atoms with Crippen molar-refractivity contribution >= 4 is 22.3 Å². The second kappa shape index (κ2) is 11.2. The summed E-state index contributed by atoms with van der Waals surface area (Å²) in [6, 6.07) is 21.2. The summed E-state index contributed by atoms with van der Waals surface area (Å²) in [4.78, 5) is 27.1. The molecule has 2 N–H and O–H groups in total. The highest BCUT2D eigenvalue weighted by Gasteiger charge is 2.21. The van der Waals surface area contributed by atoms with Crippen LogP contribution in [0.3, 0.4) is 0 Å². The van der Waals surface area contributed by atoms with Crippen molar-refractivity contribution in [3.8, 4) is 11.5 Å². The van der Waals surface area contributed by atoms with Gasteiger partial charge in [-0.3, -0.25) is 9.59 Å². The smallest absolute Gasteiger partial charge is 0.193 e. The van der Waals surface area contributed by atoms with Crippen molar-refractivity contribution in [2.45, 2.75) is 13.8 Å². The first-order valence-electron chi connectivity index (χ1n) is 11.7. The molecule has 4 rings (SSSR count). The van der Waals surface area contributed by atoms with Gasteiger partial charge in [0, 0.05) is 22.3 Å². The van der Waals surface area contributed by atoms with Crippen LogP contribution in [0.1, 0.15) is 43.0 Å². The molecule has 6 heteroatoms. The molecule has 0 aliphatic heterocycles.